The van der Waals surface area contributed by atoms with Crippen LogP contribution in [0.5, 0.6) is 0 Å². The van der Waals surface area contributed by atoms with Gasteiger partial charge in [-0.05, 0) is 23.8 Å². The number of ether oxygens (including phenoxy) is 1. The molecule has 26 heavy (non-hydrogen) atoms. The zero-order valence-corrected chi connectivity index (χ0v) is 14.7. The number of benzene rings is 2. The second-order valence-corrected chi connectivity index (χ2v) is 5.76. The van der Waals surface area contributed by atoms with E-state index >= 15 is 0 Å². The van der Waals surface area contributed by atoms with Crippen molar-refractivity contribution in [3.8, 4) is 0 Å². The standard InChI is InChI=1S/C18H19N3O5/c1-20(2)15-6-4-12(5-7-15)11-19-17(22)13-8-14(18(23)26-3)10-16(9-13)21(24)25/h4-10H,11H2,1-3H3,(H,19,22). The Morgan fingerprint density at radius 1 is 1.12 bits per heavy atom. The van der Waals surface area contributed by atoms with Crippen molar-refractivity contribution in [1.82, 2.24) is 5.32 Å². The topological polar surface area (TPSA) is 102 Å². The molecule has 0 unspecified atom stereocenters. The molecule has 0 aliphatic rings. The predicted octanol–water partition coefficient (Wildman–Crippen LogP) is 2.38. The number of nitro groups is 1. The molecule has 0 radical (unpaired) electrons. The van der Waals surface area contributed by atoms with Gasteiger partial charge in [0.1, 0.15) is 0 Å². The van der Waals surface area contributed by atoms with Crippen molar-refractivity contribution in [3.05, 3.63) is 69.3 Å². The molecule has 2 rings (SSSR count). The molecule has 1 amide bonds. The van der Waals surface area contributed by atoms with Crippen molar-refractivity contribution in [2.24, 2.45) is 0 Å². The first-order valence-electron chi connectivity index (χ1n) is 7.74. The minimum Gasteiger partial charge on any atom is -0.465 e. The number of carbonyl (C=O) groups excluding carboxylic acids is 2. The van der Waals surface area contributed by atoms with E-state index in [0.717, 1.165) is 30.5 Å². The van der Waals surface area contributed by atoms with Gasteiger partial charge in [-0.15, -0.1) is 0 Å². The van der Waals surface area contributed by atoms with E-state index < -0.39 is 16.8 Å². The quantitative estimate of drug-likeness (QED) is 0.484. The fourth-order valence-electron chi connectivity index (χ4n) is 2.28. The molecule has 0 spiro atoms. The fraction of sp³-hybridized carbons (Fsp3) is 0.222. The highest BCUT2D eigenvalue weighted by Crippen LogP contribution is 2.18. The smallest absolute Gasteiger partial charge is 0.338 e. The van der Waals surface area contributed by atoms with Crippen molar-refractivity contribution < 1.29 is 19.2 Å². The van der Waals surface area contributed by atoms with Crippen molar-refractivity contribution in [3.63, 3.8) is 0 Å². The second kappa shape index (κ2) is 8.11. The van der Waals surface area contributed by atoms with Crippen LogP contribution in [0.4, 0.5) is 11.4 Å². The lowest BCUT2D eigenvalue weighted by molar-refractivity contribution is -0.384. The molecular formula is C18H19N3O5. The van der Waals surface area contributed by atoms with E-state index in [4.69, 9.17) is 0 Å². The van der Waals surface area contributed by atoms with Crippen LogP contribution in [0.1, 0.15) is 26.3 Å². The Balaban J connectivity index is 2.16. The van der Waals surface area contributed by atoms with Gasteiger partial charge >= 0.3 is 5.97 Å². The van der Waals surface area contributed by atoms with Gasteiger partial charge < -0.3 is 15.0 Å². The monoisotopic (exact) mass is 357 g/mol. The number of nitro benzene ring substituents is 1. The average Bonchev–Trinajstić information content (AvgIpc) is 2.65. The molecule has 2 aromatic rings. The third kappa shape index (κ3) is 4.56. The van der Waals surface area contributed by atoms with E-state index in [1.165, 1.54) is 6.07 Å². The number of nitrogens with one attached hydrogen (secondary N) is 1. The first-order valence-corrected chi connectivity index (χ1v) is 7.74. The molecule has 0 bridgehead atoms. The number of carbonyl (C=O) groups is 2. The van der Waals surface area contributed by atoms with Crippen LogP contribution in [0.15, 0.2) is 42.5 Å². The van der Waals surface area contributed by atoms with Crippen LogP contribution >= 0.6 is 0 Å². The van der Waals surface area contributed by atoms with E-state index in [1.807, 2.05) is 43.3 Å². The molecule has 8 heteroatoms. The van der Waals surface area contributed by atoms with Crippen LogP contribution in [0.2, 0.25) is 0 Å². The predicted molar refractivity (Wildman–Crippen MR) is 96.4 cm³/mol. The van der Waals surface area contributed by atoms with Gasteiger partial charge in [0.25, 0.3) is 11.6 Å². The molecule has 136 valence electrons. The van der Waals surface area contributed by atoms with E-state index in [2.05, 4.69) is 10.1 Å². The summed E-state index contributed by atoms with van der Waals surface area (Å²) in [4.78, 5) is 36.3. The van der Waals surface area contributed by atoms with Crippen LogP contribution in [-0.4, -0.2) is 38.0 Å². The largest absolute Gasteiger partial charge is 0.465 e. The molecule has 0 atom stereocenters. The number of hydrogen-bond acceptors (Lipinski definition) is 6. The normalized spacial score (nSPS) is 10.1. The fourth-order valence-corrected chi connectivity index (χ4v) is 2.28. The molecular weight excluding hydrogens is 338 g/mol. The lowest BCUT2D eigenvalue weighted by Gasteiger charge is -2.13. The van der Waals surface area contributed by atoms with E-state index in [9.17, 15) is 19.7 Å². The minimum absolute atomic E-state index is 0.0181. The number of amides is 1. The summed E-state index contributed by atoms with van der Waals surface area (Å²) in [7, 11) is 5.02. The Bertz CT molecular complexity index is 831. The number of esters is 1. The summed E-state index contributed by atoms with van der Waals surface area (Å²) < 4.78 is 4.57. The number of hydrogen-bond donors (Lipinski definition) is 1. The number of anilines is 1. The third-order valence-corrected chi connectivity index (χ3v) is 3.72. The van der Waals surface area contributed by atoms with Crippen LogP contribution in [0, 0.1) is 10.1 Å². The molecule has 0 aliphatic heterocycles. The van der Waals surface area contributed by atoms with Crippen molar-refractivity contribution in [2.45, 2.75) is 6.54 Å². The van der Waals surface area contributed by atoms with Gasteiger partial charge in [-0.2, -0.15) is 0 Å². The lowest BCUT2D eigenvalue weighted by Crippen LogP contribution is -2.23. The van der Waals surface area contributed by atoms with Crippen molar-refractivity contribution in [1.29, 1.82) is 0 Å². The number of rotatable bonds is 6. The Morgan fingerprint density at radius 3 is 2.27 bits per heavy atom. The summed E-state index contributed by atoms with van der Waals surface area (Å²) in [6.45, 7) is 0.253. The summed E-state index contributed by atoms with van der Waals surface area (Å²) >= 11 is 0. The maximum atomic E-state index is 12.3. The minimum atomic E-state index is -0.748. The highest BCUT2D eigenvalue weighted by atomic mass is 16.6. The Labute approximate surface area is 150 Å². The molecule has 8 nitrogen and oxygen atoms in total. The van der Waals surface area contributed by atoms with E-state index in [0.29, 0.717) is 0 Å². The zero-order valence-electron chi connectivity index (χ0n) is 14.7. The Hall–Kier alpha value is -3.42. The van der Waals surface area contributed by atoms with Crippen LogP contribution in [0.25, 0.3) is 0 Å². The van der Waals surface area contributed by atoms with Gasteiger partial charge in [0, 0.05) is 44.0 Å². The first kappa shape index (κ1) is 18.9. The average molecular weight is 357 g/mol. The molecule has 0 fully saturated rings. The summed E-state index contributed by atoms with van der Waals surface area (Å²) in [6, 6.07) is 11.1. The molecule has 0 heterocycles. The van der Waals surface area contributed by atoms with Gasteiger partial charge in [0.2, 0.25) is 0 Å². The van der Waals surface area contributed by atoms with Crippen LogP contribution in [0.3, 0.4) is 0 Å². The number of methoxy groups -OCH3 is 1. The highest BCUT2D eigenvalue weighted by Gasteiger charge is 2.18. The van der Waals surface area contributed by atoms with Gasteiger partial charge in [-0.3, -0.25) is 14.9 Å². The molecule has 1 N–H and O–H groups in total. The summed E-state index contributed by atoms with van der Waals surface area (Å²) in [6.07, 6.45) is 0. The second-order valence-electron chi connectivity index (χ2n) is 5.76. The summed E-state index contributed by atoms with van der Waals surface area (Å²) in [5.41, 5.74) is 1.52. The van der Waals surface area contributed by atoms with Gasteiger partial charge in [0.05, 0.1) is 17.6 Å². The molecule has 0 saturated carbocycles. The maximum absolute atomic E-state index is 12.3. The van der Waals surface area contributed by atoms with Crippen molar-refractivity contribution in [2.75, 3.05) is 26.1 Å². The third-order valence-electron chi connectivity index (χ3n) is 3.72. The van der Waals surface area contributed by atoms with E-state index in [1.54, 1.807) is 0 Å². The zero-order chi connectivity index (χ0) is 19.3. The van der Waals surface area contributed by atoms with Crippen LogP contribution in [-0.2, 0) is 11.3 Å². The Kier molecular flexibility index (Phi) is 5.90. The number of nitrogens with zero attached hydrogens (tertiary/aromatic N) is 2. The molecule has 0 aromatic heterocycles. The SMILES string of the molecule is COC(=O)c1cc(C(=O)NCc2ccc(N(C)C)cc2)cc([N+](=O)[O-])c1. The lowest BCUT2D eigenvalue weighted by atomic mass is 10.1. The summed E-state index contributed by atoms with van der Waals surface area (Å²) in [5.74, 6) is -1.27. The summed E-state index contributed by atoms with van der Waals surface area (Å²) in [5, 5.41) is 13.7. The highest BCUT2D eigenvalue weighted by molar-refractivity contribution is 5.98. The van der Waals surface area contributed by atoms with Crippen molar-refractivity contribution >= 4 is 23.3 Å². The maximum Gasteiger partial charge on any atom is 0.338 e. The van der Waals surface area contributed by atoms with E-state index in [-0.39, 0.29) is 23.4 Å². The van der Waals surface area contributed by atoms with Gasteiger partial charge in [0.15, 0.2) is 0 Å². The van der Waals surface area contributed by atoms with Gasteiger partial charge in [-0.1, -0.05) is 12.1 Å². The molecule has 0 saturated heterocycles. The van der Waals surface area contributed by atoms with Gasteiger partial charge in [-0.25, -0.2) is 4.79 Å². The Morgan fingerprint density at radius 2 is 1.73 bits per heavy atom. The number of non-ortho nitro benzene ring substituents is 1. The molecule has 2 aromatic carbocycles. The molecule has 0 aliphatic carbocycles. The first-order chi connectivity index (χ1) is 12.3. The van der Waals surface area contributed by atoms with Crippen LogP contribution < -0.4 is 10.2 Å².